The van der Waals surface area contributed by atoms with Crippen molar-refractivity contribution in [3.05, 3.63) is 46.2 Å². The molecule has 1 aromatic carbocycles. The molecule has 164 valence electrons. The molecule has 3 rings (SSSR count). The molecule has 30 heavy (non-hydrogen) atoms. The highest BCUT2D eigenvalue weighted by Gasteiger charge is 2.36. The van der Waals surface area contributed by atoms with Gasteiger partial charge in [0.1, 0.15) is 0 Å². The third-order valence-corrected chi connectivity index (χ3v) is 5.09. The Bertz CT molecular complexity index is 839. The molecule has 2 heterocycles. The first-order valence-electron chi connectivity index (χ1n) is 9.53. The van der Waals surface area contributed by atoms with Crippen molar-refractivity contribution >= 4 is 29.5 Å². The van der Waals surface area contributed by atoms with Crippen LogP contribution in [-0.2, 0) is 6.18 Å². The van der Waals surface area contributed by atoms with Crippen LogP contribution in [-0.4, -0.2) is 42.9 Å². The van der Waals surface area contributed by atoms with Gasteiger partial charge in [0.15, 0.2) is 12.0 Å². The third-order valence-electron chi connectivity index (χ3n) is 4.68. The van der Waals surface area contributed by atoms with Crippen molar-refractivity contribution in [3.63, 3.8) is 0 Å². The molecule has 0 amide bonds. The molecule has 0 bridgehead atoms. The van der Waals surface area contributed by atoms with Gasteiger partial charge in [-0.25, -0.2) is 9.97 Å². The first-order valence-corrected chi connectivity index (χ1v) is 9.91. The van der Waals surface area contributed by atoms with E-state index >= 15 is 0 Å². The van der Waals surface area contributed by atoms with Crippen molar-refractivity contribution in [2.75, 3.05) is 32.0 Å². The van der Waals surface area contributed by atoms with E-state index in [2.05, 4.69) is 25.9 Å². The number of piperidine rings is 1. The molecular weight excluding hydrogens is 419 g/mol. The topological polar surface area (TPSA) is 78.9 Å². The maximum atomic E-state index is 12.8. The van der Waals surface area contributed by atoms with Crippen LogP contribution in [0.25, 0.3) is 0 Å². The van der Waals surface area contributed by atoms with Crippen LogP contribution in [0.1, 0.15) is 34.5 Å². The summed E-state index contributed by atoms with van der Waals surface area (Å²) in [6.45, 7) is 5.33. The molecule has 1 aliphatic heterocycles. The van der Waals surface area contributed by atoms with Gasteiger partial charge in [-0.2, -0.15) is 13.2 Å². The second kappa shape index (κ2) is 11.2. The third kappa shape index (κ3) is 6.93. The first kappa shape index (κ1) is 24.0. The second-order valence-corrected chi connectivity index (χ2v) is 7.31. The zero-order valence-electron chi connectivity index (χ0n) is 16.8. The van der Waals surface area contributed by atoms with Crippen LogP contribution < -0.4 is 16.0 Å². The zero-order valence-corrected chi connectivity index (χ0v) is 17.6. The maximum absolute atomic E-state index is 12.8. The minimum absolute atomic E-state index is 0.0667. The van der Waals surface area contributed by atoms with E-state index < -0.39 is 17.4 Å². The number of carbonyl (C=O) groups is 1. The summed E-state index contributed by atoms with van der Waals surface area (Å²) >= 11 is 5.92. The number of aldehydes is 1. The minimum atomic E-state index is -4.74. The van der Waals surface area contributed by atoms with Gasteiger partial charge >= 0.3 is 6.18 Å². The van der Waals surface area contributed by atoms with Crippen LogP contribution >= 0.6 is 11.6 Å². The maximum Gasteiger partial charge on any atom is 0.434 e. The molecular formula is C20H25ClF3N5O. The molecule has 0 unspecified atom stereocenters. The van der Waals surface area contributed by atoms with E-state index in [1.807, 2.05) is 7.05 Å². The summed E-state index contributed by atoms with van der Waals surface area (Å²) in [4.78, 5) is 17.7. The van der Waals surface area contributed by atoms with Crippen molar-refractivity contribution in [3.8, 4) is 0 Å². The van der Waals surface area contributed by atoms with Crippen molar-refractivity contribution in [2.45, 2.75) is 25.9 Å². The molecule has 3 N–H and O–H groups in total. The Kier molecular flexibility index (Phi) is 9.01. The molecule has 0 aliphatic carbocycles. The Balaban J connectivity index is 0.000000297. The number of halogens is 4. The zero-order chi connectivity index (χ0) is 22.1. The van der Waals surface area contributed by atoms with Crippen molar-refractivity contribution in [1.82, 2.24) is 20.6 Å². The lowest BCUT2D eigenvalue weighted by Gasteiger charge is -2.21. The molecule has 1 aromatic heterocycles. The molecule has 1 saturated heterocycles. The number of carbonyl (C=O) groups excluding carboxylic acids is 1. The van der Waals surface area contributed by atoms with Crippen LogP contribution in [0.2, 0.25) is 5.02 Å². The number of benzene rings is 1. The molecule has 0 atom stereocenters. The highest BCUT2D eigenvalue weighted by molar-refractivity contribution is 6.31. The van der Waals surface area contributed by atoms with Gasteiger partial charge in [-0.15, -0.1) is 0 Å². The Morgan fingerprint density at radius 1 is 1.30 bits per heavy atom. The second-order valence-electron chi connectivity index (χ2n) is 6.90. The van der Waals surface area contributed by atoms with E-state index in [9.17, 15) is 18.0 Å². The molecule has 6 nitrogen and oxygen atoms in total. The Hall–Kier alpha value is -2.23. The molecule has 1 aliphatic rings. The first-order chi connectivity index (χ1) is 14.3. The fraction of sp³-hybridized carbons (Fsp3) is 0.450. The molecule has 0 radical (unpaired) electrons. The monoisotopic (exact) mass is 443 g/mol. The van der Waals surface area contributed by atoms with Gasteiger partial charge in [0, 0.05) is 16.9 Å². The van der Waals surface area contributed by atoms with Gasteiger partial charge < -0.3 is 16.0 Å². The number of nitrogens with zero attached hydrogens (tertiary/aromatic N) is 2. The summed E-state index contributed by atoms with van der Waals surface area (Å²) in [5.74, 6) is 0.662. The lowest BCUT2D eigenvalue weighted by Crippen LogP contribution is -2.32. The van der Waals surface area contributed by atoms with Crippen LogP contribution in [0.3, 0.4) is 0 Å². The summed E-state index contributed by atoms with van der Waals surface area (Å²) < 4.78 is 38.4. The van der Waals surface area contributed by atoms with E-state index in [1.54, 1.807) is 25.1 Å². The quantitative estimate of drug-likeness (QED) is 0.600. The lowest BCUT2D eigenvalue weighted by molar-refractivity contribution is -0.141. The average Bonchev–Trinajstić information content (AvgIpc) is 2.72. The smallest absolute Gasteiger partial charge is 0.324 e. The van der Waals surface area contributed by atoms with Crippen molar-refractivity contribution in [1.29, 1.82) is 0 Å². The Morgan fingerprint density at radius 2 is 2.00 bits per heavy atom. The van der Waals surface area contributed by atoms with E-state index in [4.69, 9.17) is 11.6 Å². The molecule has 10 heteroatoms. The molecule has 0 spiro atoms. The number of alkyl halides is 3. The average molecular weight is 444 g/mol. The van der Waals surface area contributed by atoms with Gasteiger partial charge in [0.05, 0.1) is 5.56 Å². The van der Waals surface area contributed by atoms with Crippen molar-refractivity contribution in [2.24, 2.45) is 5.92 Å². The summed E-state index contributed by atoms with van der Waals surface area (Å²) in [6.07, 6.45) is -1.15. The van der Waals surface area contributed by atoms with Gasteiger partial charge in [-0.3, -0.25) is 4.79 Å². The summed E-state index contributed by atoms with van der Waals surface area (Å²) in [5, 5.41) is 9.67. The van der Waals surface area contributed by atoms with Crippen LogP contribution in [0.15, 0.2) is 24.4 Å². The summed E-state index contributed by atoms with van der Waals surface area (Å²) in [6, 6.07) is 4.92. The predicted octanol–water partition coefficient (Wildman–Crippen LogP) is 4.22. The Labute approximate surface area is 178 Å². The summed E-state index contributed by atoms with van der Waals surface area (Å²) in [7, 11) is 2.03. The van der Waals surface area contributed by atoms with Crippen molar-refractivity contribution < 1.29 is 18.0 Å². The van der Waals surface area contributed by atoms with Gasteiger partial charge in [-0.1, -0.05) is 17.7 Å². The lowest BCUT2D eigenvalue weighted by atomic mass is 9.98. The Morgan fingerprint density at radius 3 is 2.60 bits per heavy atom. The van der Waals surface area contributed by atoms with E-state index in [1.165, 1.54) is 32.5 Å². The number of hydrogen-bond acceptors (Lipinski definition) is 6. The van der Waals surface area contributed by atoms with Crippen LogP contribution in [0.4, 0.5) is 24.8 Å². The SMILES string of the molecule is CNCC1CCNCC1.Cc1c(Cl)cccc1Nc1ncc(C=O)c(C(F)(F)F)n1. The highest BCUT2D eigenvalue weighted by atomic mass is 35.5. The number of rotatable bonds is 5. The van der Waals surface area contributed by atoms with Gasteiger partial charge in [-0.05, 0) is 70.1 Å². The number of aromatic nitrogens is 2. The van der Waals surface area contributed by atoms with Crippen LogP contribution in [0.5, 0.6) is 0 Å². The number of anilines is 2. The van der Waals surface area contributed by atoms with E-state index in [-0.39, 0.29) is 12.2 Å². The molecule has 2 aromatic rings. The van der Waals surface area contributed by atoms with Gasteiger partial charge in [0.2, 0.25) is 5.95 Å². The predicted molar refractivity (Wildman–Crippen MR) is 111 cm³/mol. The fourth-order valence-electron chi connectivity index (χ4n) is 3.00. The number of hydrogen-bond donors (Lipinski definition) is 3. The summed E-state index contributed by atoms with van der Waals surface area (Å²) in [5.41, 5.74) is -0.768. The highest BCUT2D eigenvalue weighted by Crippen LogP contribution is 2.31. The van der Waals surface area contributed by atoms with Gasteiger partial charge in [0.25, 0.3) is 0 Å². The fourth-order valence-corrected chi connectivity index (χ4v) is 3.18. The van der Waals surface area contributed by atoms with E-state index in [0.29, 0.717) is 16.3 Å². The largest absolute Gasteiger partial charge is 0.434 e. The molecule has 1 fully saturated rings. The minimum Gasteiger partial charge on any atom is -0.324 e. The standard InChI is InChI=1S/C13H9ClF3N3O.C7H16N2/c1-7-9(14)3-2-4-10(7)19-12-18-5-8(6-21)11(20-12)13(15,16)17;1-8-6-7-2-4-9-5-3-7/h2-6H,1H3,(H,18,19,20);7-9H,2-6H2,1H3. The number of nitrogens with one attached hydrogen (secondary N) is 3. The molecule has 0 saturated carbocycles. The van der Waals surface area contributed by atoms with E-state index in [0.717, 1.165) is 12.1 Å². The van der Waals surface area contributed by atoms with Crippen LogP contribution in [0, 0.1) is 12.8 Å². The normalized spacial score (nSPS) is 14.6.